The molecule has 0 amide bonds. The summed E-state index contributed by atoms with van der Waals surface area (Å²) in [4.78, 5) is 4.29. The Kier molecular flexibility index (Phi) is 3.45. The smallest absolute Gasteiger partial charge is 0.257 e. The first-order chi connectivity index (χ1) is 8.06. The predicted octanol–water partition coefficient (Wildman–Crippen LogP) is 2.59. The van der Waals surface area contributed by atoms with Gasteiger partial charge in [-0.3, -0.25) is 0 Å². The molecule has 0 fully saturated rings. The quantitative estimate of drug-likeness (QED) is 0.911. The van der Waals surface area contributed by atoms with Gasteiger partial charge in [0.1, 0.15) is 0 Å². The number of aromatic nitrogens is 2. The predicted molar refractivity (Wildman–Crippen MR) is 66.8 cm³/mol. The summed E-state index contributed by atoms with van der Waals surface area (Å²) in [5.41, 5.74) is 7.53. The van der Waals surface area contributed by atoms with Crippen molar-refractivity contribution in [2.75, 3.05) is 0 Å². The number of aryl methyl sites for hydroxylation is 1. The minimum Gasteiger partial charge on any atom is -0.334 e. The monoisotopic (exact) mass is 251 g/mol. The Morgan fingerprint density at radius 2 is 2.24 bits per heavy atom. The summed E-state index contributed by atoms with van der Waals surface area (Å²) in [5.74, 6) is 1.13. The number of nitrogens with zero attached hydrogens (tertiary/aromatic N) is 2. The van der Waals surface area contributed by atoms with Crippen molar-refractivity contribution in [2.24, 2.45) is 5.73 Å². The van der Waals surface area contributed by atoms with E-state index in [-0.39, 0.29) is 6.04 Å². The highest BCUT2D eigenvalue weighted by Gasteiger charge is 2.10. The average molecular weight is 252 g/mol. The Labute approximate surface area is 105 Å². The lowest BCUT2D eigenvalue weighted by Crippen LogP contribution is -2.18. The van der Waals surface area contributed by atoms with Crippen LogP contribution in [0, 0.1) is 6.92 Å². The highest BCUT2D eigenvalue weighted by atomic mass is 35.5. The first kappa shape index (κ1) is 12.1. The van der Waals surface area contributed by atoms with Crippen LogP contribution in [0.15, 0.2) is 22.7 Å². The van der Waals surface area contributed by atoms with Crippen LogP contribution in [-0.4, -0.2) is 16.2 Å². The molecule has 1 aromatic heterocycles. The van der Waals surface area contributed by atoms with Crippen LogP contribution < -0.4 is 5.73 Å². The first-order valence-electron chi connectivity index (χ1n) is 5.41. The molecule has 0 aliphatic carbocycles. The lowest BCUT2D eigenvalue weighted by atomic mass is 10.1. The molecule has 2 aromatic rings. The van der Waals surface area contributed by atoms with Crippen LogP contribution >= 0.6 is 11.6 Å². The first-order valence-corrected chi connectivity index (χ1v) is 5.78. The average Bonchev–Trinajstić information content (AvgIpc) is 2.69. The topological polar surface area (TPSA) is 64.9 Å². The van der Waals surface area contributed by atoms with Gasteiger partial charge in [0.15, 0.2) is 5.82 Å². The number of hydrogen-bond donors (Lipinski definition) is 1. The summed E-state index contributed by atoms with van der Waals surface area (Å²) >= 11 is 5.96. The number of rotatable bonds is 3. The third-order valence-electron chi connectivity index (χ3n) is 2.38. The second-order valence-corrected chi connectivity index (χ2v) is 4.57. The van der Waals surface area contributed by atoms with Gasteiger partial charge >= 0.3 is 0 Å². The maximum Gasteiger partial charge on any atom is 0.257 e. The molecule has 1 atom stereocenters. The molecule has 1 aromatic carbocycles. The van der Waals surface area contributed by atoms with Gasteiger partial charge in [0.05, 0.1) is 0 Å². The Bertz CT molecular complexity index is 522. The lowest BCUT2D eigenvalue weighted by Gasteiger charge is -1.99. The highest BCUT2D eigenvalue weighted by molar-refractivity contribution is 6.31. The Hall–Kier alpha value is -1.39. The molecular weight excluding hydrogens is 238 g/mol. The summed E-state index contributed by atoms with van der Waals surface area (Å²) in [5, 5.41) is 4.61. The van der Waals surface area contributed by atoms with E-state index in [4.69, 9.17) is 21.9 Å². The molecule has 2 rings (SSSR count). The molecule has 0 radical (unpaired) electrons. The van der Waals surface area contributed by atoms with Crippen LogP contribution in [0.25, 0.3) is 11.5 Å². The number of nitrogens with two attached hydrogens (primary N) is 1. The van der Waals surface area contributed by atoms with Gasteiger partial charge in [-0.1, -0.05) is 16.8 Å². The van der Waals surface area contributed by atoms with Crippen LogP contribution in [0.1, 0.15) is 18.3 Å². The fraction of sp³-hybridized carbons (Fsp3) is 0.333. The Balaban J connectivity index is 2.27. The van der Waals surface area contributed by atoms with Gasteiger partial charge in [0, 0.05) is 23.0 Å². The largest absolute Gasteiger partial charge is 0.334 e. The van der Waals surface area contributed by atoms with Crippen LogP contribution in [0.5, 0.6) is 0 Å². The molecule has 1 heterocycles. The number of benzene rings is 1. The van der Waals surface area contributed by atoms with Crippen molar-refractivity contribution in [1.82, 2.24) is 10.1 Å². The van der Waals surface area contributed by atoms with Gasteiger partial charge in [-0.25, -0.2) is 0 Å². The molecule has 0 bridgehead atoms. The summed E-state index contributed by atoms with van der Waals surface area (Å²) in [6, 6.07) is 5.62. The molecular formula is C12H14ClN3O. The summed E-state index contributed by atoms with van der Waals surface area (Å²) in [6.07, 6.45) is 0.607. The van der Waals surface area contributed by atoms with Crippen LogP contribution in [0.3, 0.4) is 0 Å². The minimum absolute atomic E-state index is 0.0207. The zero-order valence-electron chi connectivity index (χ0n) is 9.77. The fourth-order valence-electron chi connectivity index (χ4n) is 1.52. The van der Waals surface area contributed by atoms with E-state index in [0.29, 0.717) is 18.1 Å². The van der Waals surface area contributed by atoms with E-state index >= 15 is 0 Å². The normalized spacial score (nSPS) is 12.7. The van der Waals surface area contributed by atoms with Crippen LogP contribution in [0.2, 0.25) is 5.02 Å². The second kappa shape index (κ2) is 4.85. The van der Waals surface area contributed by atoms with E-state index in [1.54, 1.807) is 0 Å². The van der Waals surface area contributed by atoms with Crippen LogP contribution in [-0.2, 0) is 6.42 Å². The van der Waals surface area contributed by atoms with Crippen molar-refractivity contribution in [3.63, 3.8) is 0 Å². The van der Waals surface area contributed by atoms with Gasteiger partial charge in [0.25, 0.3) is 5.89 Å². The van der Waals surface area contributed by atoms with Crippen LogP contribution in [0.4, 0.5) is 0 Å². The molecule has 17 heavy (non-hydrogen) atoms. The van der Waals surface area contributed by atoms with E-state index in [1.165, 1.54) is 0 Å². The summed E-state index contributed by atoms with van der Waals surface area (Å²) in [6.45, 7) is 3.84. The molecule has 0 spiro atoms. The van der Waals surface area contributed by atoms with Crippen molar-refractivity contribution < 1.29 is 4.52 Å². The van der Waals surface area contributed by atoms with Gasteiger partial charge in [0.2, 0.25) is 0 Å². The van der Waals surface area contributed by atoms with Gasteiger partial charge in [-0.15, -0.1) is 0 Å². The SMILES string of the molecule is Cc1cc(-c2nc(CC(C)N)no2)ccc1Cl. The summed E-state index contributed by atoms with van der Waals surface area (Å²) in [7, 11) is 0. The van der Waals surface area contributed by atoms with E-state index in [0.717, 1.165) is 16.1 Å². The number of hydrogen-bond acceptors (Lipinski definition) is 4. The van der Waals surface area contributed by atoms with Crippen molar-refractivity contribution >= 4 is 11.6 Å². The molecule has 1 unspecified atom stereocenters. The van der Waals surface area contributed by atoms with E-state index < -0.39 is 0 Å². The van der Waals surface area contributed by atoms with E-state index in [9.17, 15) is 0 Å². The third kappa shape index (κ3) is 2.84. The molecule has 5 heteroatoms. The zero-order chi connectivity index (χ0) is 12.4. The van der Waals surface area contributed by atoms with Crippen molar-refractivity contribution in [1.29, 1.82) is 0 Å². The molecule has 2 N–H and O–H groups in total. The Morgan fingerprint density at radius 1 is 1.47 bits per heavy atom. The molecule has 90 valence electrons. The van der Waals surface area contributed by atoms with Gasteiger partial charge in [-0.05, 0) is 37.6 Å². The standard InChI is InChI=1S/C12H14ClN3O/c1-7-5-9(3-4-10(7)13)12-15-11(16-17-12)6-8(2)14/h3-5,8H,6,14H2,1-2H3. The van der Waals surface area contributed by atoms with Crippen molar-refractivity contribution in [3.8, 4) is 11.5 Å². The maximum absolute atomic E-state index is 5.96. The van der Waals surface area contributed by atoms with Crippen molar-refractivity contribution in [2.45, 2.75) is 26.3 Å². The van der Waals surface area contributed by atoms with Gasteiger partial charge < -0.3 is 10.3 Å². The summed E-state index contributed by atoms with van der Waals surface area (Å²) < 4.78 is 5.19. The minimum atomic E-state index is 0.0207. The van der Waals surface area contributed by atoms with Crippen molar-refractivity contribution in [3.05, 3.63) is 34.6 Å². The lowest BCUT2D eigenvalue weighted by molar-refractivity contribution is 0.420. The van der Waals surface area contributed by atoms with Gasteiger partial charge in [-0.2, -0.15) is 4.98 Å². The molecule has 0 aliphatic heterocycles. The highest BCUT2D eigenvalue weighted by Crippen LogP contribution is 2.23. The zero-order valence-corrected chi connectivity index (χ0v) is 10.5. The number of halogens is 1. The second-order valence-electron chi connectivity index (χ2n) is 4.16. The maximum atomic E-state index is 5.96. The fourth-order valence-corrected chi connectivity index (χ4v) is 1.64. The third-order valence-corrected chi connectivity index (χ3v) is 2.80. The molecule has 0 saturated heterocycles. The van der Waals surface area contributed by atoms with E-state index in [1.807, 2.05) is 32.0 Å². The molecule has 4 nitrogen and oxygen atoms in total. The molecule has 0 aliphatic rings. The Morgan fingerprint density at radius 3 is 2.88 bits per heavy atom. The molecule has 0 saturated carbocycles. The van der Waals surface area contributed by atoms with E-state index in [2.05, 4.69) is 10.1 Å².